The van der Waals surface area contributed by atoms with Gasteiger partial charge in [0.05, 0.1) is 24.6 Å². The predicted molar refractivity (Wildman–Crippen MR) is 91.7 cm³/mol. The van der Waals surface area contributed by atoms with Gasteiger partial charge in [0.25, 0.3) is 5.91 Å². The first kappa shape index (κ1) is 16.4. The highest BCUT2D eigenvalue weighted by Crippen LogP contribution is 2.30. The molecule has 0 saturated heterocycles. The van der Waals surface area contributed by atoms with Gasteiger partial charge >= 0.3 is 0 Å². The first-order valence-corrected chi connectivity index (χ1v) is 7.50. The average Bonchev–Trinajstić information content (AvgIpc) is 2.64. The van der Waals surface area contributed by atoms with Gasteiger partial charge < -0.3 is 14.8 Å². The molecule has 1 amide bonds. The molecule has 5 nitrogen and oxygen atoms in total. The van der Waals surface area contributed by atoms with E-state index in [1.165, 1.54) is 24.4 Å². The van der Waals surface area contributed by atoms with Gasteiger partial charge in [-0.2, -0.15) is 0 Å². The van der Waals surface area contributed by atoms with Crippen LogP contribution in [0, 0.1) is 5.82 Å². The molecule has 6 heteroatoms. The maximum absolute atomic E-state index is 13.6. The summed E-state index contributed by atoms with van der Waals surface area (Å²) in [5.41, 5.74) is 0.400. The zero-order chi connectivity index (χ0) is 17.6. The van der Waals surface area contributed by atoms with E-state index in [0.29, 0.717) is 23.1 Å². The van der Waals surface area contributed by atoms with Crippen LogP contribution in [-0.2, 0) is 0 Å². The molecule has 3 rings (SSSR count). The van der Waals surface area contributed by atoms with Gasteiger partial charge in [0, 0.05) is 6.07 Å². The fraction of sp³-hybridized carbons (Fsp3) is 0.0526. The van der Waals surface area contributed by atoms with E-state index in [9.17, 15) is 9.18 Å². The van der Waals surface area contributed by atoms with E-state index in [-0.39, 0.29) is 5.56 Å². The minimum atomic E-state index is -0.580. The second-order valence-electron chi connectivity index (χ2n) is 5.07. The summed E-state index contributed by atoms with van der Waals surface area (Å²) in [6.45, 7) is 0. The lowest BCUT2D eigenvalue weighted by atomic mass is 10.2. The Balaban J connectivity index is 1.70. The monoisotopic (exact) mass is 338 g/mol. The van der Waals surface area contributed by atoms with Crippen molar-refractivity contribution in [3.8, 4) is 17.4 Å². The van der Waals surface area contributed by atoms with Crippen LogP contribution in [0.25, 0.3) is 0 Å². The molecule has 0 saturated carbocycles. The number of nitrogens with zero attached hydrogens (tertiary/aromatic N) is 1. The first-order valence-electron chi connectivity index (χ1n) is 7.50. The molecule has 0 aliphatic rings. The van der Waals surface area contributed by atoms with E-state index in [1.54, 1.807) is 37.4 Å². The van der Waals surface area contributed by atoms with Crippen molar-refractivity contribution >= 4 is 11.6 Å². The molecule has 126 valence electrons. The summed E-state index contributed by atoms with van der Waals surface area (Å²) < 4.78 is 24.5. The lowest BCUT2D eigenvalue weighted by Crippen LogP contribution is -2.13. The van der Waals surface area contributed by atoms with Crippen molar-refractivity contribution in [1.29, 1.82) is 0 Å². The quantitative estimate of drug-likeness (QED) is 0.754. The zero-order valence-corrected chi connectivity index (χ0v) is 13.4. The lowest BCUT2D eigenvalue weighted by Gasteiger charge is -2.10. The van der Waals surface area contributed by atoms with Gasteiger partial charge in [-0.05, 0) is 30.3 Å². The van der Waals surface area contributed by atoms with Crippen LogP contribution in [-0.4, -0.2) is 18.0 Å². The number of pyridine rings is 1. The number of carbonyl (C=O) groups is 1. The third-order valence-corrected chi connectivity index (χ3v) is 3.40. The SMILES string of the molecule is COc1ccccc1Oc1ccc(NC(=O)c2ccccc2F)cn1. The molecule has 0 radical (unpaired) electrons. The van der Waals surface area contributed by atoms with Crippen LogP contribution in [0.4, 0.5) is 10.1 Å². The first-order chi connectivity index (χ1) is 12.2. The Hall–Kier alpha value is -3.41. The molecule has 1 heterocycles. The number of rotatable bonds is 5. The van der Waals surface area contributed by atoms with Crippen LogP contribution in [0.3, 0.4) is 0 Å². The van der Waals surface area contributed by atoms with Crippen molar-refractivity contribution in [2.75, 3.05) is 12.4 Å². The molecule has 1 aromatic heterocycles. The van der Waals surface area contributed by atoms with Crippen LogP contribution in [0.1, 0.15) is 10.4 Å². The van der Waals surface area contributed by atoms with Crippen molar-refractivity contribution in [2.24, 2.45) is 0 Å². The van der Waals surface area contributed by atoms with Gasteiger partial charge in [-0.3, -0.25) is 4.79 Å². The van der Waals surface area contributed by atoms with Crippen molar-refractivity contribution in [3.05, 3.63) is 78.2 Å². The van der Waals surface area contributed by atoms with E-state index in [4.69, 9.17) is 9.47 Å². The molecule has 25 heavy (non-hydrogen) atoms. The van der Waals surface area contributed by atoms with E-state index >= 15 is 0 Å². The zero-order valence-electron chi connectivity index (χ0n) is 13.4. The predicted octanol–water partition coefficient (Wildman–Crippen LogP) is 4.27. The number of halogens is 1. The third kappa shape index (κ3) is 3.92. The number of aromatic nitrogens is 1. The summed E-state index contributed by atoms with van der Waals surface area (Å²) in [5, 5.41) is 2.59. The average molecular weight is 338 g/mol. The minimum Gasteiger partial charge on any atom is -0.493 e. The maximum Gasteiger partial charge on any atom is 0.258 e. The van der Waals surface area contributed by atoms with Crippen molar-refractivity contribution in [1.82, 2.24) is 4.98 Å². The van der Waals surface area contributed by atoms with Gasteiger partial charge in [-0.15, -0.1) is 0 Å². The summed E-state index contributed by atoms with van der Waals surface area (Å²) in [4.78, 5) is 16.2. The molecule has 0 atom stereocenters. The van der Waals surface area contributed by atoms with Crippen LogP contribution in [0.15, 0.2) is 66.9 Å². The number of ether oxygens (including phenoxy) is 2. The number of anilines is 1. The number of hydrogen-bond donors (Lipinski definition) is 1. The fourth-order valence-electron chi connectivity index (χ4n) is 2.17. The number of para-hydroxylation sites is 2. The normalized spacial score (nSPS) is 10.2. The molecular formula is C19H15FN2O3. The second kappa shape index (κ2) is 7.44. The van der Waals surface area contributed by atoms with Crippen molar-refractivity contribution in [2.45, 2.75) is 0 Å². The van der Waals surface area contributed by atoms with Crippen LogP contribution in [0.5, 0.6) is 17.4 Å². The highest BCUT2D eigenvalue weighted by atomic mass is 19.1. The summed E-state index contributed by atoms with van der Waals surface area (Å²) >= 11 is 0. The van der Waals surface area contributed by atoms with Crippen molar-refractivity contribution in [3.63, 3.8) is 0 Å². The lowest BCUT2D eigenvalue weighted by molar-refractivity contribution is 0.102. The number of hydrogen-bond acceptors (Lipinski definition) is 4. The van der Waals surface area contributed by atoms with E-state index in [0.717, 1.165) is 0 Å². The van der Waals surface area contributed by atoms with Crippen LogP contribution >= 0.6 is 0 Å². The molecule has 0 aliphatic heterocycles. The molecule has 0 bridgehead atoms. The Morgan fingerprint density at radius 3 is 2.40 bits per heavy atom. The highest BCUT2D eigenvalue weighted by Gasteiger charge is 2.11. The largest absolute Gasteiger partial charge is 0.493 e. The van der Waals surface area contributed by atoms with Gasteiger partial charge in [-0.1, -0.05) is 24.3 Å². The number of amides is 1. The van der Waals surface area contributed by atoms with E-state index in [2.05, 4.69) is 10.3 Å². The summed E-state index contributed by atoms with van der Waals surface area (Å²) in [6.07, 6.45) is 1.43. The molecule has 0 spiro atoms. The summed E-state index contributed by atoms with van der Waals surface area (Å²) in [6, 6.07) is 16.2. The van der Waals surface area contributed by atoms with Gasteiger partial charge in [0.15, 0.2) is 11.5 Å². The van der Waals surface area contributed by atoms with Crippen LogP contribution < -0.4 is 14.8 Å². The summed E-state index contributed by atoms with van der Waals surface area (Å²) in [7, 11) is 1.55. The molecular weight excluding hydrogens is 323 g/mol. The topological polar surface area (TPSA) is 60.5 Å². The van der Waals surface area contributed by atoms with Crippen LogP contribution in [0.2, 0.25) is 0 Å². The highest BCUT2D eigenvalue weighted by molar-refractivity contribution is 6.04. The number of nitrogens with one attached hydrogen (secondary N) is 1. The Labute approximate surface area is 144 Å². The Morgan fingerprint density at radius 1 is 1.00 bits per heavy atom. The maximum atomic E-state index is 13.6. The smallest absolute Gasteiger partial charge is 0.258 e. The Bertz CT molecular complexity index is 882. The third-order valence-electron chi connectivity index (χ3n) is 3.40. The number of carbonyl (C=O) groups excluding carboxylic acids is 1. The molecule has 1 N–H and O–H groups in total. The minimum absolute atomic E-state index is 0.0307. The molecule has 0 fully saturated rings. The molecule has 0 aliphatic carbocycles. The van der Waals surface area contributed by atoms with Gasteiger partial charge in [-0.25, -0.2) is 9.37 Å². The Kier molecular flexibility index (Phi) is 4.89. The van der Waals surface area contributed by atoms with Gasteiger partial charge in [0.1, 0.15) is 5.82 Å². The second-order valence-corrected chi connectivity index (χ2v) is 5.07. The molecule has 3 aromatic rings. The number of methoxy groups -OCH3 is 1. The molecule has 0 unspecified atom stereocenters. The fourth-order valence-corrected chi connectivity index (χ4v) is 2.17. The summed E-state index contributed by atoms with van der Waals surface area (Å²) in [5.74, 6) is 0.331. The number of benzene rings is 2. The standard InChI is InChI=1S/C19H15FN2O3/c1-24-16-8-4-5-9-17(16)25-18-11-10-13(12-21-18)22-19(23)14-6-2-3-7-15(14)20/h2-12H,1H3,(H,22,23). The van der Waals surface area contributed by atoms with E-state index < -0.39 is 11.7 Å². The molecule has 2 aromatic carbocycles. The van der Waals surface area contributed by atoms with E-state index in [1.807, 2.05) is 12.1 Å². The van der Waals surface area contributed by atoms with Crippen molar-refractivity contribution < 1.29 is 18.7 Å². The van der Waals surface area contributed by atoms with Gasteiger partial charge in [0.2, 0.25) is 5.88 Å². The Morgan fingerprint density at radius 2 is 1.72 bits per heavy atom.